The van der Waals surface area contributed by atoms with Gasteiger partial charge < -0.3 is 17.5 Å². The van der Waals surface area contributed by atoms with Gasteiger partial charge >= 0.3 is 5.91 Å². The minimum absolute atomic E-state index is 0. The van der Waals surface area contributed by atoms with Crippen molar-refractivity contribution in [2.24, 2.45) is 0 Å². The lowest BCUT2D eigenvalue weighted by Gasteiger charge is -2.42. The molecule has 1 amide bonds. The summed E-state index contributed by atoms with van der Waals surface area (Å²) in [4.78, 5) is 13.0. The van der Waals surface area contributed by atoms with Crippen LogP contribution in [0.25, 0.3) is 0 Å². The van der Waals surface area contributed by atoms with Crippen molar-refractivity contribution in [3.63, 3.8) is 0 Å². The molecule has 0 aromatic carbocycles. The SMILES string of the molecule is CCCC[N+]1(N2CC=C(C)C=C2O)C=CC=C(CC)C1=O.[Cl-]. The first kappa shape index (κ1) is 18.5. The predicted molar refractivity (Wildman–Crippen MR) is 83.7 cm³/mol. The maximum absolute atomic E-state index is 13.0. The molecular formula is C17H25ClN2O2. The molecule has 0 radical (unpaired) electrons. The number of carbonyl (C=O) groups excluding carboxylic acids is 1. The van der Waals surface area contributed by atoms with Gasteiger partial charge in [0.15, 0.2) is 0 Å². The number of hydrogen-bond acceptors (Lipinski definition) is 3. The quantitative estimate of drug-likeness (QED) is 0.752. The van der Waals surface area contributed by atoms with Gasteiger partial charge in [-0.15, -0.1) is 4.59 Å². The van der Waals surface area contributed by atoms with E-state index in [1.54, 1.807) is 11.1 Å². The number of halogens is 1. The Balaban J connectivity index is 0.00000242. The lowest BCUT2D eigenvalue weighted by atomic mass is 10.1. The molecule has 0 saturated carbocycles. The second-order valence-corrected chi connectivity index (χ2v) is 5.63. The van der Waals surface area contributed by atoms with Crippen LogP contribution in [0.5, 0.6) is 0 Å². The largest absolute Gasteiger partial charge is 1.00 e. The van der Waals surface area contributed by atoms with Gasteiger partial charge in [-0.2, -0.15) is 5.01 Å². The number of unbranched alkanes of at least 4 members (excludes halogenated alkanes) is 1. The molecule has 22 heavy (non-hydrogen) atoms. The fourth-order valence-electron chi connectivity index (χ4n) is 2.83. The highest BCUT2D eigenvalue weighted by Crippen LogP contribution is 2.30. The van der Waals surface area contributed by atoms with E-state index in [1.165, 1.54) is 0 Å². The molecule has 2 aliphatic rings. The van der Waals surface area contributed by atoms with Gasteiger partial charge in [-0.1, -0.05) is 26.3 Å². The van der Waals surface area contributed by atoms with Crippen LogP contribution in [0.2, 0.25) is 0 Å². The van der Waals surface area contributed by atoms with Gasteiger partial charge in [-0.25, -0.2) is 4.79 Å². The second-order valence-electron chi connectivity index (χ2n) is 5.63. The molecule has 5 heteroatoms. The van der Waals surface area contributed by atoms with Crippen molar-refractivity contribution in [1.29, 1.82) is 0 Å². The van der Waals surface area contributed by atoms with Crippen molar-refractivity contribution in [1.82, 2.24) is 5.01 Å². The molecule has 4 nitrogen and oxygen atoms in total. The van der Waals surface area contributed by atoms with E-state index in [4.69, 9.17) is 0 Å². The molecule has 122 valence electrons. The Hall–Kier alpha value is -1.52. The Kier molecular flexibility index (Phi) is 6.45. The van der Waals surface area contributed by atoms with Gasteiger partial charge in [0.05, 0.1) is 12.1 Å². The molecule has 0 spiro atoms. The zero-order chi connectivity index (χ0) is 15.5. The highest BCUT2D eigenvalue weighted by molar-refractivity contribution is 5.89. The van der Waals surface area contributed by atoms with E-state index in [2.05, 4.69) is 6.92 Å². The van der Waals surface area contributed by atoms with Gasteiger partial charge in [0.2, 0.25) is 5.88 Å². The third kappa shape index (κ3) is 3.28. The van der Waals surface area contributed by atoms with E-state index < -0.39 is 0 Å². The molecular weight excluding hydrogens is 300 g/mol. The van der Waals surface area contributed by atoms with Crippen LogP contribution >= 0.6 is 0 Å². The van der Waals surface area contributed by atoms with Crippen LogP contribution in [-0.2, 0) is 4.79 Å². The number of aliphatic hydroxyl groups excluding tert-OH is 1. The summed E-state index contributed by atoms with van der Waals surface area (Å²) in [6.45, 7) is 7.28. The number of allylic oxidation sites excluding steroid dienone is 4. The average Bonchev–Trinajstić information content (AvgIpc) is 2.47. The zero-order valence-corrected chi connectivity index (χ0v) is 14.3. The summed E-state index contributed by atoms with van der Waals surface area (Å²) in [5, 5.41) is 12.1. The van der Waals surface area contributed by atoms with E-state index in [1.807, 2.05) is 38.3 Å². The van der Waals surface area contributed by atoms with Crippen LogP contribution in [-0.4, -0.2) is 33.7 Å². The number of aliphatic hydroxyl groups is 1. The van der Waals surface area contributed by atoms with Crippen molar-refractivity contribution >= 4 is 5.91 Å². The number of hydrogen-bond donors (Lipinski definition) is 1. The average molecular weight is 325 g/mol. The summed E-state index contributed by atoms with van der Waals surface area (Å²) in [6.07, 6.45) is 12.1. The molecule has 0 aromatic heterocycles. The minimum Gasteiger partial charge on any atom is -1.00 e. The summed E-state index contributed by atoms with van der Waals surface area (Å²) < 4.78 is 0.0691. The molecule has 0 saturated heterocycles. The number of quaternary nitrogens is 1. The molecule has 0 fully saturated rings. The molecule has 0 aromatic rings. The normalized spacial score (nSPS) is 24.4. The summed E-state index contributed by atoms with van der Waals surface area (Å²) >= 11 is 0. The molecule has 2 aliphatic heterocycles. The molecule has 0 bridgehead atoms. The van der Waals surface area contributed by atoms with Gasteiger partial charge in [0, 0.05) is 6.08 Å². The van der Waals surface area contributed by atoms with Crippen molar-refractivity contribution in [2.45, 2.75) is 40.0 Å². The fourth-order valence-corrected chi connectivity index (χ4v) is 2.83. The number of nitrogens with zero attached hydrogens (tertiary/aromatic N) is 2. The first-order chi connectivity index (χ1) is 10.0. The Bertz CT molecular complexity index is 549. The molecule has 0 aliphatic carbocycles. The standard InChI is InChI=1S/C17H24N2O2.ClH/c1-4-6-11-19(12-7-8-15(5-2)17(19)21)18-10-9-14(3)13-16(18)20;/h7-9,12-13H,4-6,10-11H2,1-3H3;1H. The highest BCUT2D eigenvalue weighted by atomic mass is 35.5. The summed E-state index contributed by atoms with van der Waals surface area (Å²) in [6, 6.07) is 0. The molecule has 2 heterocycles. The Morgan fingerprint density at radius 2 is 2.09 bits per heavy atom. The van der Waals surface area contributed by atoms with E-state index >= 15 is 0 Å². The number of amides is 1. The van der Waals surface area contributed by atoms with Crippen LogP contribution < -0.4 is 12.4 Å². The van der Waals surface area contributed by atoms with Crippen molar-refractivity contribution < 1.29 is 26.9 Å². The Morgan fingerprint density at radius 3 is 2.68 bits per heavy atom. The van der Waals surface area contributed by atoms with Crippen LogP contribution in [0.1, 0.15) is 40.0 Å². The maximum atomic E-state index is 13.0. The molecule has 1 atom stereocenters. The third-order valence-corrected chi connectivity index (χ3v) is 4.13. The van der Waals surface area contributed by atoms with Crippen LogP contribution in [0.15, 0.2) is 47.5 Å². The lowest BCUT2D eigenvalue weighted by molar-refractivity contribution is -0.919. The maximum Gasteiger partial charge on any atom is 0.370 e. The third-order valence-electron chi connectivity index (χ3n) is 4.13. The molecule has 1 N–H and O–H groups in total. The van der Waals surface area contributed by atoms with E-state index in [9.17, 15) is 9.90 Å². The topological polar surface area (TPSA) is 40.5 Å². The Labute approximate surface area is 139 Å². The van der Waals surface area contributed by atoms with Gasteiger partial charge in [-0.05, 0) is 37.5 Å². The molecule has 1 unspecified atom stereocenters. The van der Waals surface area contributed by atoms with Gasteiger partial charge in [0.1, 0.15) is 12.7 Å². The zero-order valence-electron chi connectivity index (χ0n) is 13.6. The summed E-state index contributed by atoms with van der Waals surface area (Å²) in [5.41, 5.74) is 1.84. The van der Waals surface area contributed by atoms with E-state index in [0.717, 1.165) is 24.0 Å². The monoisotopic (exact) mass is 324 g/mol. The number of rotatable bonds is 5. The summed E-state index contributed by atoms with van der Waals surface area (Å²) in [7, 11) is 0. The Morgan fingerprint density at radius 1 is 1.36 bits per heavy atom. The fraction of sp³-hybridized carbons (Fsp3) is 0.471. The van der Waals surface area contributed by atoms with E-state index in [0.29, 0.717) is 19.5 Å². The molecule has 2 rings (SSSR count). The van der Waals surface area contributed by atoms with Crippen molar-refractivity contribution in [3.8, 4) is 0 Å². The van der Waals surface area contributed by atoms with Crippen molar-refractivity contribution in [2.75, 3.05) is 13.1 Å². The lowest BCUT2D eigenvalue weighted by Crippen LogP contribution is -3.00. The van der Waals surface area contributed by atoms with Crippen LogP contribution in [0.4, 0.5) is 0 Å². The first-order valence-corrected chi connectivity index (χ1v) is 7.71. The first-order valence-electron chi connectivity index (χ1n) is 7.71. The predicted octanol–water partition coefficient (Wildman–Crippen LogP) is 0.574. The van der Waals surface area contributed by atoms with Gasteiger partial charge in [-0.3, -0.25) is 0 Å². The van der Waals surface area contributed by atoms with Crippen LogP contribution in [0.3, 0.4) is 0 Å². The minimum atomic E-state index is 0. The number of carbonyl (C=O) groups is 1. The van der Waals surface area contributed by atoms with Crippen LogP contribution in [0, 0.1) is 0 Å². The van der Waals surface area contributed by atoms with Crippen molar-refractivity contribution in [3.05, 3.63) is 47.5 Å². The van der Waals surface area contributed by atoms with E-state index in [-0.39, 0.29) is 28.8 Å². The summed E-state index contributed by atoms with van der Waals surface area (Å²) in [5.74, 6) is 0.239. The van der Waals surface area contributed by atoms with Gasteiger partial charge in [0.25, 0.3) is 0 Å². The highest BCUT2D eigenvalue weighted by Gasteiger charge is 2.45. The second kappa shape index (κ2) is 7.65. The smallest absolute Gasteiger partial charge is 0.370 e.